The van der Waals surface area contributed by atoms with Crippen LogP contribution in [0.25, 0.3) is 0 Å². The quantitative estimate of drug-likeness (QED) is 0.872. The monoisotopic (exact) mass is 277 g/mol. The summed E-state index contributed by atoms with van der Waals surface area (Å²) in [6.07, 6.45) is 3.99. The van der Waals surface area contributed by atoms with Crippen LogP contribution < -0.4 is 5.32 Å². The first-order valence-electron chi connectivity index (χ1n) is 7.15. The van der Waals surface area contributed by atoms with Crippen LogP contribution in [0.4, 0.5) is 4.79 Å². The van der Waals surface area contributed by atoms with Gasteiger partial charge in [0, 0.05) is 12.1 Å². The highest BCUT2D eigenvalue weighted by Crippen LogP contribution is 2.28. The van der Waals surface area contributed by atoms with Crippen LogP contribution in [0.3, 0.4) is 0 Å². The molecule has 0 unspecified atom stereocenters. The molecule has 4 heteroatoms. The van der Waals surface area contributed by atoms with E-state index in [0.29, 0.717) is 0 Å². The molecule has 20 heavy (non-hydrogen) atoms. The van der Waals surface area contributed by atoms with Gasteiger partial charge in [-0.1, -0.05) is 6.07 Å². The molecule has 110 valence electrons. The van der Waals surface area contributed by atoms with Crippen LogP contribution in [0.1, 0.15) is 50.3 Å². The van der Waals surface area contributed by atoms with E-state index >= 15 is 0 Å². The van der Waals surface area contributed by atoms with Crippen molar-refractivity contribution in [3.63, 3.8) is 0 Å². The molecule has 1 aliphatic carbocycles. The molecule has 4 nitrogen and oxygen atoms in total. The number of phenolic OH excluding ortho intramolecular Hbond substituents is 1. The summed E-state index contributed by atoms with van der Waals surface area (Å²) in [7, 11) is 0. The van der Waals surface area contributed by atoms with Gasteiger partial charge in [-0.15, -0.1) is 0 Å². The summed E-state index contributed by atoms with van der Waals surface area (Å²) in [4.78, 5) is 11.6. The number of aryl methyl sites for hydroxylation is 2. The fraction of sp³-hybridized carbons (Fsp3) is 0.562. The molecule has 0 atom stereocenters. The number of rotatable bonds is 2. The minimum Gasteiger partial charge on any atom is -0.508 e. The van der Waals surface area contributed by atoms with E-state index in [1.807, 2.05) is 32.9 Å². The number of fused-ring (bicyclic) bond motifs is 1. The summed E-state index contributed by atoms with van der Waals surface area (Å²) in [5.41, 5.74) is 2.75. The first-order chi connectivity index (χ1) is 9.35. The molecular formula is C16H23NO3. The lowest BCUT2D eigenvalue weighted by atomic mass is 9.90. The van der Waals surface area contributed by atoms with Crippen LogP contribution in [0.5, 0.6) is 5.75 Å². The molecule has 0 bridgehead atoms. The summed E-state index contributed by atoms with van der Waals surface area (Å²) >= 11 is 0. The largest absolute Gasteiger partial charge is 0.508 e. The Morgan fingerprint density at radius 3 is 2.45 bits per heavy atom. The van der Waals surface area contributed by atoms with Crippen molar-refractivity contribution < 1.29 is 14.6 Å². The van der Waals surface area contributed by atoms with Gasteiger partial charge in [0.05, 0.1) is 0 Å². The summed E-state index contributed by atoms with van der Waals surface area (Å²) < 4.78 is 5.18. The predicted octanol–water partition coefficient (Wildman–Crippen LogP) is 3.30. The van der Waals surface area contributed by atoms with Gasteiger partial charge in [-0.05, 0) is 63.6 Å². The molecule has 0 saturated carbocycles. The predicted molar refractivity (Wildman–Crippen MR) is 77.8 cm³/mol. The second kappa shape index (κ2) is 5.73. The topological polar surface area (TPSA) is 58.6 Å². The Labute approximate surface area is 120 Å². The Kier molecular flexibility index (Phi) is 4.21. The van der Waals surface area contributed by atoms with Gasteiger partial charge in [0.1, 0.15) is 11.4 Å². The van der Waals surface area contributed by atoms with Crippen LogP contribution in [-0.2, 0) is 24.1 Å². The number of ether oxygens (including phenoxy) is 1. The Morgan fingerprint density at radius 2 is 1.85 bits per heavy atom. The van der Waals surface area contributed by atoms with E-state index < -0.39 is 11.7 Å². The molecule has 1 aromatic rings. The second-order valence-corrected chi connectivity index (χ2v) is 6.31. The van der Waals surface area contributed by atoms with Crippen LogP contribution in [0.2, 0.25) is 0 Å². The Balaban J connectivity index is 2.01. The van der Waals surface area contributed by atoms with Crippen molar-refractivity contribution in [1.29, 1.82) is 0 Å². The third kappa shape index (κ3) is 3.89. The zero-order valence-electron chi connectivity index (χ0n) is 12.5. The van der Waals surface area contributed by atoms with E-state index in [9.17, 15) is 9.90 Å². The van der Waals surface area contributed by atoms with Gasteiger partial charge < -0.3 is 15.2 Å². The molecular weight excluding hydrogens is 254 g/mol. The number of aromatic hydroxyl groups is 1. The maximum absolute atomic E-state index is 11.6. The normalized spacial score (nSPS) is 14.6. The number of benzene rings is 1. The van der Waals surface area contributed by atoms with Crippen LogP contribution in [-0.4, -0.2) is 16.8 Å². The minimum atomic E-state index is -0.512. The average molecular weight is 277 g/mol. The lowest BCUT2D eigenvalue weighted by Crippen LogP contribution is -2.32. The molecule has 1 aliphatic rings. The van der Waals surface area contributed by atoms with Crippen molar-refractivity contribution in [3.05, 3.63) is 28.8 Å². The summed E-state index contributed by atoms with van der Waals surface area (Å²) in [5.74, 6) is 0.252. The SMILES string of the molecule is CC(C)(C)OC(=O)NCc1cc2c(cc1O)CCCC2. The van der Waals surface area contributed by atoms with Crippen molar-refractivity contribution in [2.24, 2.45) is 0 Å². The first-order valence-corrected chi connectivity index (χ1v) is 7.15. The highest BCUT2D eigenvalue weighted by molar-refractivity contribution is 5.67. The van der Waals surface area contributed by atoms with Crippen molar-refractivity contribution in [2.45, 2.75) is 58.6 Å². The van der Waals surface area contributed by atoms with E-state index in [-0.39, 0.29) is 12.3 Å². The molecule has 1 amide bonds. The zero-order chi connectivity index (χ0) is 14.8. The fourth-order valence-corrected chi connectivity index (χ4v) is 2.45. The van der Waals surface area contributed by atoms with Gasteiger partial charge in [0.25, 0.3) is 0 Å². The molecule has 0 fully saturated rings. The number of phenols is 1. The van der Waals surface area contributed by atoms with Crippen LogP contribution in [0.15, 0.2) is 12.1 Å². The molecule has 0 radical (unpaired) electrons. The van der Waals surface area contributed by atoms with Crippen LogP contribution in [0, 0.1) is 0 Å². The van der Waals surface area contributed by atoms with E-state index in [1.165, 1.54) is 24.0 Å². The average Bonchev–Trinajstić information content (AvgIpc) is 2.34. The zero-order valence-corrected chi connectivity index (χ0v) is 12.5. The van der Waals surface area contributed by atoms with Gasteiger partial charge in [0.15, 0.2) is 0 Å². The maximum Gasteiger partial charge on any atom is 0.407 e. The van der Waals surface area contributed by atoms with Crippen molar-refractivity contribution in [1.82, 2.24) is 5.32 Å². The van der Waals surface area contributed by atoms with Gasteiger partial charge >= 0.3 is 6.09 Å². The Hall–Kier alpha value is -1.71. The Morgan fingerprint density at radius 1 is 1.25 bits per heavy atom. The number of carbonyl (C=O) groups excluding carboxylic acids is 1. The van der Waals surface area contributed by atoms with E-state index in [2.05, 4.69) is 5.32 Å². The number of hydrogen-bond donors (Lipinski definition) is 2. The van der Waals surface area contributed by atoms with Gasteiger partial charge in [0.2, 0.25) is 0 Å². The van der Waals surface area contributed by atoms with E-state index in [0.717, 1.165) is 18.4 Å². The standard InChI is InChI=1S/C16H23NO3/c1-16(2,3)20-15(19)17-10-13-8-11-6-4-5-7-12(11)9-14(13)18/h8-9,18H,4-7,10H2,1-3H3,(H,17,19). The highest BCUT2D eigenvalue weighted by atomic mass is 16.6. The highest BCUT2D eigenvalue weighted by Gasteiger charge is 2.17. The lowest BCUT2D eigenvalue weighted by molar-refractivity contribution is 0.0523. The molecule has 2 N–H and O–H groups in total. The third-order valence-corrected chi connectivity index (χ3v) is 3.37. The first kappa shape index (κ1) is 14.7. The summed E-state index contributed by atoms with van der Waals surface area (Å²) in [5, 5.41) is 12.7. The van der Waals surface area contributed by atoms with Crippen LogP contribution >= 0.6 is 0 Å². The van der Waals surface area contributed by atoms with Crippen molar-refractivity contribution in [2.75, 3.05) is 0 Å². The molecule has 0 saturated heterocycles. The molecule has 1 aromatic carbocycles. The second-order valence-electron chi connectivity index (χ2n) is 6.31. The molecule has 0 aromatic heterocycles. The van der Waals surface area contributed by atoms with Gasteiger partial charge in [-0.2, -0.15) is 0 Å². The third-order valence-electron chi connectivity index (χ3n) is 3.37. The fourth-order valence-electron chi connectivity index (χ4n) is 2.45. The van der Waals surface area contributed by atoms with Gasteiger partial charge in [-0.3, -0.25) is 0 Å². The number of nitrogens with one attached hydrogen (secondary N) is 1. The minimum absolute atomic E-state index is 0.252. The Bertz CT molecular complexity index is 503. The smallest absolute Gasteiger partial charge is 0.407 e. The molecule has 0 aliphatic heterocycles. The molecule has 0 heterocycles. The van der Waals surface area contributed by atoms with Crippen molar-refractivity contribution >= 4 is 6.09 Å². The molecule has 0 spiro atoms. The summed E-state index contributed by atoms with van der Waals surface area (Å²) in [6, 6.07) is 3.84. The van der Waals surface area contributed by atoms with Crippen molar-refractivity contribution in [3.8, 4) is 5.75 Å². The number of alkyl carbamates (subject to hydrolysis) is 1. The summed E-state index contributed by atoms with van der Waals surface area (Å²) in [6.45, 7) is 5.75. The number of carbonyl (C=O) groups is 1. The number of amides is 1. The number of hydrogen-bond acceptors (Lipinski definition) is 3. The van der Waals surface area contributed by atoms with Gasteiger partial charge in [-0.25, -0.2) is 4.79 Å². The molecule has 2 rings (SSSR count). The van der Waals surface area contributed by atoms with E-state index in [4.69, 9.17) is 4.74 Å². The lowest BCUT2D eigenvalue weighted by Gasteiger charge is -2.21. The maximum atomic E-state index is 11.6. The van der Waals surface area contributed by atoms with E-state index in [1.54, 1.807) is 0 Å².